The molecule has 0 aromatic carbocycles. The molecule has 1 aliphatic rings. The summed E-state index contributed by atoms with van der Waals surface area (Å²) in [5.41, 5.74) is 0.301. The first-order valence-electron chi connectivity index (χ1n) is 8.00. The molecule has 126 valence electrons. The molecule has 0 aromatic heterocycles. The van der Waals surface area contributed by atoms with Gasteiger partial charge in [0.2, 0.25) is 0 Å². The number of hydrogen-bond acceptors (Lipinski definition) is 2. The Morgan fingerprint density at radius 2 is 1.48 bits per heavy atom. The quantitative estimate of drug-likeness (QED) is 0.754. The van der Waals surface area contributed by atoms with Gasteiger partial charge in [-0.3, -0.25) is 4.79 Å². The molecule has 0 heterocycles. The van der Waals surface area contributed by atoms with Crippen molar-refractivity contribution in [1.82, 2.24) is 5.32 Å². The third kappa shape index (κ3) is 5.39. The van der Waals surface area contributed by atoms with E-state index in [0.717, 1.165) is 6.42 Å². The minimum absolute atomic E-state index is 0. The maximum atomic E-state index is 12.8. The lowest BCUT2D eigenvalue weighted by atomic mass is 9.70. The summed E-state index contributed by atoms with van der Waals surface area (Å²) in [4.78, 5) is 12.8. The van der Waals surface area contributed by atoms with Crippen LogP contribution in [0, 0.1) is 16.2 Å². The molecule has 1 saturated carbocycles. The molecule has 0 bridgehead atoms. The van der Waals surface area contributed by atoms with Crippen LogP contribution in [0.15, 0.2) is 0 Å². The number of ketones is 1. The summed E-state index contributed by atoms with van der Waals surface area (Å²) < 4.78 is 0. The van der Waals surface area contributed by atoms with E-state index in [2.05, 4.69) is 46.9 Å². The zero-order valence-electron chi connectivity index (χ0n) is 15.1. The zero-order chi connectivity index (χ0) is 16.0. The van der Waals surface area contributed by atoms with Crippen molar-refractivity contribution >= 4 is 5.78 Å². The van der Waals surface area contributed by atoms with Crippen LogP contribution in [-0.4, -0.2) is 17.4 Å². The largest absolute Gasteiger partial charge is 0.303 e. The highest BCUT2D eigenvalue weighted by Gasteiger charge is 2.51. The average molecular weight is 298 g/mol. The highest BCUT2D eigenvalue weighted by atomic mass is 16.1. The summed E-state index contributed by atoms with van der Waals surface area (Å²) in [6, 6.07) is -0.0533. The van der Waals surface area contributed by atoms with Crippen molar-refractivity contribution < 1.29 is 4.79 Å². The van der Waals surface area contributed by atoms with E-state index in [-0.39, 0.29) is 29.8 Å². The van der Waals surface area contributed by atoms with Gasteiger partial charge in [-0.15, -0.1) is 0 Å². The molecule has 0 amide bonds. The van der Waals surface area contributed by atoms with Gasteiger partial charge in [0, 0.05) is 11.0 Å². The van der Waals surface area contributed by atoms with Crippen LogP contribution < -0.4 is 5.32 Å². The SMILES string of the molecule is C.CC(C)(C)NC(CC(C)(C)C1(C)CC1)C(=O)C(C)(C)C. The standard InChI is InChI=1S/C18H35NO.CH4/c1-15(2,3)14(20)13(19-16(4,5)6)12-17(7,8)18(9)10-11-18;/h13,19H,10-12H2,1-9H3;1H4. The number of carbonyl (C=O) groups excluding carboxylic acids is 1. The van der Waals surface area contributed by atoms with Crippen LogP contribution in [-0.2, 0) is 4.79 Å². The number of hydrogen-bond donors (Lipinski definition) is 1. The predicted molar refractivity (Wildman–Crippen MR) is 93.6 cm³/mol. The normalized spacial score (nSPS) is 19.7. The second-order valence-electron chi connectivity index (χ2n) is 9.71. The number of Topliss-reactive ketones (excluding diaryl/α,β-unsaturated/α-hetero) is 1. The van der Waals surface area contributed by atoms with Gasteiger partial charge in [-0.2, -0.15) is 0 Å². The van der Waals surface area contributed by atoms with Crippen molar-refractivity contribution in [3.8, 4) is 0 Å². The summed E-state index contributed by atoms with van der Waals surface area (Å²) in [6.07, 6.45) is 3.52. The van der Waals surface area contributed by atoms with Gasteiger partial charge >= 0.3 is 0 Å². The van der Waals surface area contributed by atoms with E-state index in [1.165, 1.54) is 12.8 Å². The topological polar surface area (TPSA) is 29.1 Å². The van der Waals surface area contributed by atoms with Gasteiger partial charge in [0.25, 0.3) is 0 Å². The van der Waals surface area contributed by atoms with Crippen LogP contribution in [0.3, 0.4) is 0 Å². The van der Waals surface area contributed by atoms with Crippen LogP contribution >= 0.6 is 0 Å². The summed E-state index contributed by atoms with van der Waals surface area (Å²) in [6.45, 7) is 19.5. The van der Waals surface area contributed by atoms with Gasteiger partial charge in [0.15, 0.2) is 5.78 Å². The van der Waals surface area contributed by atoms with E-state index in [4.69, 9.17) is 0 Å². The van der Waals surface area contributed by atoms with Gasteiger partial charge < -0.3 is 5.32 Å². The minimum atomic E-state index is -0.288. The third-order valence-electron chi connectivity index (χ3n) is 5.01. The Bertz CT molecular complexity index is 364. The monoisotopic (exact) mass is 297 g/mol. The lowest BCUT2D eigenvalue weighted by Crippen LogP contribution is -2.53. The average Bonchev–Trinajstić information content (AvgIpc) is 2.92. The molecule has 2 heteroatoms. The number of carbonyl (C=O) groups is 1. The lowest BCUT2D eigenvalue weighted by Gasteiger charge is -2.39. The van der Waals surface area contributed by atoms with Gasteiger partial charge in [-0.05, 0) is 50.9 Å². The highest BCUT2D eigenvalue weighted by Crippen LogP contribution is 2.60. The van der Waals surface area contributed by atoms with E-state index in [1.54, 1.807) is 0 Å². The van der Waals surface area contributed by atoms with Gasteiger partial charge in [0.05, 0.1) is 6.04 Å². The van der Waals surface area contributed by atoms with Crippen molar-refractivity contribution in [2.45, 2.75) is 101 Å². The molecule has 0 radical (unpaired) electrons. The molecule has 0 aromatic rings. The van der Waals surface area contributed by atoms with E-state index < -0.39 is 0 Å². The lowest BCUT2D eigenvalue weighted by molar-refractivity contribution is -0.130. The number of rotatable bonds is 5. The summed E-state index contributed by atoms with van der Waals surface area (Å²) in [5, 5.41) is 3.57. The molecule has 1 fully saturated rings. The number of nitrogens with one attached hydrogen (secondary N) is 1. The Hall–Kier alpha value is -0.370. The maximum absolute atomic E-state index is 12.8. The van der Waals surface area contributed by atoms with Crippen LogP contribution in [0.4, 0.5) is 0 Å². The van der Waals surface area contributed by atoms with Crippen LogP contribution in [0.1, 0.15) is 89.0 Å². The Morgan fingerprint density at radius 1 is 1.05 bits per heavy atom. The summed E-state index contributed by atoms with van der Waals surface area (Å²) >= 11 is 0. The fourth-order valence-electron chi connectivity index (χ4n) is 2.88. The van der Waals surface area contributed by atoms with E-state index in [0.29, 0.717) is 11.2 Å². The van der Waals surface area contributed by atoms with Gasteiger partial charge in [-0.25, -0.2) is 0 Å². The fraction of sp³-hybridized carbons (Fsp3) is 0.947. The summed E-state index contributed by atoms with van der Waals surface area (Å²) in [7, 11) is 0. The minimum Gasteiger partial charge on any atom is -0.303 e. The van der Waals surface area contributed by atoms with Crippen LogP contribution in [0.5, 0.6) is 0 Å². The second-order valence-corrected chi connectivity index (χ2v) is 9.71. The molecule has 0 aliphatic heterocycles. The fourth-order valence-corrected chi connectivity index (χ4v) is 2.88. The Labute approximate surface area is 133 Å². The third-order valence-corrected chi connectivity index (χ3v) is 5.01. The Balaban J connectivity index is 0.00000400. The van der Waals surface area contributed by atoms with Gasteiger partial charge in [-0.1, -0.05) is 49.0 Å². The molecule has 1 N–H and O–H groups in total. The zero-order valence-corrected chi connectivity index (χ0v) is 15.1. The van der Waals surface area contributed by atoms with Crippen molar-refractivity contribution in [2.24, 2.45) is 16.2 Å². The highest BCUT2D eigenvalue weighted by molar-refractivity contribution is 5.88. The van der Waals surface area contributed by atoms with E-state index >= 15 is 0 Å². The van der Waals surface area contributed by atoms with Crippen molar-refractivity contribution in [3.05, 3.63) is 0 Å². The molecule has 1 aliphatic carbocycles. The van der Waals surface area contributed by atoms with E-state index in [1.807, 2.05) is 20.8 Å². The Kier molecular flexibility index (Phi) is 5.92. The molecule has 1 atom stereocenters. The van der Waals surface area contributed by atoms with Crippen LogP contribution in [0.25, 0.3) is 0 Å². The Morgan fingerprint density at radius 3 is 1.76 bits per heavy atom. The first-order valence-corrected chi connectivity index (χ1v) is 8.00. The smallest absolute Gasteiger partial charge is 0.155 e. The molecule has 0 saturated heterocycles. The molecular formula is C19H39NO. The predicted octanol–water partition coefficient (Wildman–Crippen LogP) is 5.21. The summed E-state index contributed by atoms with van der Waals surface area (Å²) in [5.74, 6) is 0.338. The van der Waals surface area contributed by atoms with Crippen molar-refractivity contribution in [3.63, 3.8) is 0 Å². The second kappa shape index (κ2) is 6.02. The molecular weight excluding hydrogens is 258 g/mol. The first kappa shape index (κ1) is 20.6. The first-order chi connectivity index (χ1) is 8.68. The molecule has 21 heavy (non-hydrogen) atoms. The van der Waals surface area contributed by atoms with Crippen molar-refractivity contribution in [1.29, 1.82) is 0 Å². The van der Waals surface area contributed by atoms with Crippen molar-refractivity contribution in [2.75, 3.05) is 0 Å². The molecule has 1 unspecified atom stereocenters. The molecule has 0 spiro atoms. The van der Waals surface area contributed by atoms with Crippen LogP contribution in [0.2, 0.25) is 0 Å². The van der Waals surface area contributed by atoms with Gasteiger partial charge in [0.1, 0.15) is 0 Å². The van der Waals surface area contributed by atoms with E-state index in [9.17, 15) is 4.79 Å². The molecule has 2 nitrogen and oxygen atoms in total. The molecule has 1 rings (SSSR count). The maximum Gasteiger partial charge on any atom is 0.155 e.